The summed E-state index contributed by atoms with van der Waals surface area (Å²) in [7, 11) is -3.45. The summed E-state index contributed by atoms with van der Waals surface area (Å²) in [6, 6.07) is 13.6. The van der Waals surface area contributed by atoms with Gasteiger partial charge in [0.1, 0.15) is 10.8 Å². The molecule has 0 radical (unpaired) electrons. The number of halogens is 1. The Hall–Kier alpha value is -3.08. The zero-order valence-corrected chi connectivity index (χ0v) is 26.1. The quantitative estimate of drug-likeness (QED) is 0.246. The third-order valence-electron chi connectivity index (χ3n) is 7.94. The molecule has 42 heavy (non-hydrogen) atoms. The van der Waals surface area contributed by atoms with Crippen LogP contribution in [-0.2, 0) is 9.84 Å². The number of piperidine rings is 2. The molecular weight excluding hydrogens is 572 g/mol. The van der Waals surface area contributed by atoms with Gasteiger partial charge in [-0.05, 0) is 76.4 Å². The van der Waals surface area contributed by atoms with Crippen LogP contribution in [0.3, 0.4) is 0 Å². The van der Waals surface area contributed by atoms with Gasteiger partial charge in [0, 0.05) is 30.9 Å². The molecule has 3 heterocycles. The fraction of sp³-hybridized carbons (Fsp3) is 0.484. The van der Waals surface area contributed by atoms with E-state index in [1.54, 1.807) is 24.3 Å². The minimum Gasteiger partial charge on any atom is -0.492 e. The van der Waals surface area contributed by atoms with Crippen LogP contribution in [0.15, 0.2) is 53.6 Å². The van der Waals surface area contributed by atoms with Crippen molar-refractivity contribution in [3.8, 4) is 5.75 Å². The molecule has 2 N–H and O–H groups in total. The average molecular weight is 613 g/mol. The number of hydrogen-bond acceptors (Lipinski definition) is 9. The topological polar surface area (TPSA) is 99.7 Å². The third kappa shape index (κ3) is 7.27. The lowest BCUT2D eigenvalue weighted by Crippen LogP contribution is -2.46. The van der Waals surface area contributed by atoms with Crippen LogP contribution >= 0.6 is 11.6 Å². The number of rotatable bonds is 11. The lowest BCUT2D eigenvalue weighted by Gasteiger charge is -2.41. The first kappa shape index (κ1) is 30.4. The van der Waals surface area contributed by atoms with Crippen LogP contribution in [0.25, 0.3) is 0 Å². The van der Waals surface area contributed by atoms with Crippen molar-refractivity contribution in [1.82, 2.24) is 14.9 Å². The number of aromatic nitrogens is 2. The standard InChI is InChI=1S/C31H41ClN6O3S/c1-3-20-42(39,40)29-11-7-6-10-27(29)34-30-25(32)22-33-31(36-30)35-26-13-12-24(21-28(26)41-4-2)38-18-14-23(15-19-38)37-16-8-5-9-17-37/h6-7,10-13,21-23H,3-5,8-9,14-20H2,1-2H3,(H2,33,34,35,36). The predicted octanol–water partition coefficient (Wildman–Crippen LogP) is 6.65. The molecule has 2 aliphatic rings. The number of benzene rings is 2. The van der Waals surface area contributed by atoms with Crippen molar-refractivity contribution in [2.45, 2.75) is 63.3 Å². The van der Waals surface area contributed by atoms with Crippen LogP contribution in [0.1, 0.15) is 52.4 Å². The van der Waals surface area contributed by atoms with Gasteiger partial charge in [-0.15, -0.1) is 0 Å². The van der Waals surface area contributed by atoms with Crippen molar-refractivity contribution < 1.29 is 13.2 Å². The number of ether oxygens (including phenoxy) is 1. The van der Waals surface area contributed by atoms with Crippen molar-refractivity contribution in [2.75, 3.05) is 54.1 Å². The molecule has 2 aliphatic heterocycles. The number of anilines is 5. The molecule has 2 fully saturated rings. The summed E-state index contributed by atoms with van der Waals surface area (Å²) in [6.07, 6.45) is 8.40. The Kier molecular flexibility index (Phi) is 10.1. The minimum atomic E-state index is -3.45. The Bertz CT molecular complexity index is 1460. The summed E-state index contributed by atoms with van der Waals surface area (Å²) >= 11 is 6.43. The Balaban J connectivity index is 1.31. The summed E-state index contributed by atoms with van der Waals surface area (Å²) in [5.74, 6) is 1.39. The molecule has 226 valence electrons. The summed E-state index contributed by atoms with van der Waals surface area (Å²) in [5, 5.41) is 6.65. The van der Waals surface area contributed by atoms with Crippen molar-refractivity contribution in [1.29, 1.82) is 0 Å². The zero-order chi connectivity index (χ0) is 29.5. The highest BCUT2D eigenvalue weighted by molar-refractivity contribution is 7.91. The first-order valence-corrected chi connectivity index (χ1v) is 17.0. The Morgan fingerprint density at radius 3 is 2.48 bits per heavy atom. The fourth-order valence-corrected chi connectivity index (χ4v) is 7.48. The van der Waals surface area contributed by atoms with Crippen molar-refractivity contribution in [2.24, 2.45) is 0 Å². The van der Waals surface area contributed by atoms with E-state index in [1.807, 2.05) is 19.9 Å². The van der Waals surface area contributed by atoms with Crippen LogP contribution < -0.4 is 20.3 Å². The van der Waals surface area contributed by atoms with Gasteiger partial charge in [-0.2, -0.15) is 4.98 Å². The Morgan fingerprint density at radius 2 is 1.74 bits per heavy atom. The van der Waals surface area contributed by atoms with Gasteiger partial charge in [0.05, 0.1) is 34.8 Å². The van der Waals surface area contributed by atoms with Crippen LogP contribution in [0.4, 0.5) is 28.8 Å². The number of sulfone groups is 1. The molecule has 0 aliphatic carbocycles. The van der Waals surface area contributed by atoms with Crippen LogP contribution in [0.5, 0.6) is 5.75 Å². The summed E-state index contributed by atoms with van der Waals surface area (Å²) in [6.45, 7) is 8.88. The largest absolute Gasteiger partial charge is 0.492 e. The molecular formula is C31H41ClN6O3S. The van der Waals surface area contributed by atoms with Gasteiger partial charge in [0.15, 0.2) is 15.7 Å². The lowest BCUT2D eigenvalue weighted by molar-refractivity contribution is 0.141. The monoisotopic (exact) mass is 612 g/mol. The van der Waals surface area contributed by atoms with Crippen molar-refractivity contribution in [3.05, 3.63) is 53.7 Å². The molecule has 11 heteroatoms. The SMILES string of the molecule is CCCS(=O)(=O)c1ccccc1Nc1nc(Nc2ccc(N3CCC(N4CCCCC4)CC3)cc2OCC)ncc1Cl. The van der Waals surface area contributed by atoms with E-state index in [9.17, 15) is 8.42 Å². The molecule has 0 atom stereocenters. The smallest absolute Gasteiger partial charge is 0.229 e. The molecule has 1 aromatic heterocycles. The second-order valence-electron chi connectivity index (χ2n) is 10.9. The molecule has 0 saturated carbocycles. The number of nitrogens with zero attached hydrogens (tertiary/aromatic N) is 4. The molecule has 0 spiro atoms. The molecule has 3 aromatic rings. The van der Waals surface area contributed by atoms with Crippen LogP contribution in [0.2, 0.25) is 5.02 Å². The first-order chi connectivity index (χ1) is 20.4. The van der Waals surface area contributed by atoms with Gasteiger partial charge in [-0.25, -0.2) is 13.4 Å². The van der Waals surface area contributed by atoms with E-state index in [0.29, 0.717) is 36.5 Å². The molecule has 5 rings (SSSR count). The van der Waals surface area contributed by atoms with Gasteiger partial charge in [0.25, 0.3) is 0 Å². The molecule has 2 saturated heterocycles. The fourth-order valence-electron chi connectivity index (χ4n) is 5.84. The van der Waals surface area contributed by atoms with E-state index in [0.717, 1.165) is 30.2 Å². The van der Waals surface area contributed by atoms with Crippen LogP contribution in [0, 0.1) is 0 Å². The Labute approximate surface area is 254 Å². The summed E-state index contributed by atoms with van der Waals surface area (Å²) in [5.41, 5.74) is 2.30. The first-order valence-electron chi connectivity index (χ1n) is 15.0. The number of nitrogens with one attached hydrogen (secondary N) is 2. The van der Waals surface area contributed by atoms with Gasteiger partial charge in [0.2, 0.25) is 5.95 Å². The highest BCUT2D eigenvalue weighted by Crippen LogP contribution is 2.35. The second kappa shape index (κ2) is 13.9. The number of hydrogen-bond donors (Lipinski definition) is 2. The van der Waals surface area contributed by atoms with E-state index >= 15 is 0 Å². The summed E-state index contributed by atoms with van der Waals surface area (Å²) < 4.78 is 31.7. The third-order valence-corrected chi connectivity index (χ3v) is 10.2. The maximum absolute atomic E-state index is 12.8. The Morgan fingerprint density at radius 1 is 0.976 bits per heavy atom. The minimum absolute atomic E-state index is 0.0582. The van der Waals surface area contributed by atoms with E-state index in [2.05, 4.69) is 42.5 Å². The molecule has 2 aromatic carbocycles. The number of likely N-dealkylation sites (tertiary alicyclic amines) is 1. The maximum Gasteiger partial charge on any atom is 0.229 e. The van der Waals surface area contributed by atoms with E-state index in [4.69, 9.17) is 16.3 Å². The van der Waals surface area contributed by atoms with Crippen LogP contribution in [-0.4, -0.2) is 67.9 Å². The second-order valence-corrected chi connectivity index (χ2v) is 13.4. The highest BCUT2D eigenvalue weighted by atomic mass is 35.5. The molecule has 0 bridgehead atoms. The highest BCUT2D eigenvalue weighted by Gasteiger charge is 2.26. The van der Waals surface area contributed by atoms with Gasteiger partial charge in [-0.1, -0.05) is 37.1 Å². The molecule has 0 unspecified atom stereocenters. The predicted molar refractivity (Wildman–Crippen MR) is 171 cm³/mol. The van der Waals surface area contributed by atoms with Crippen molar-refractivity contribution >= 4 is 50.3 Å². The van der Waals surface area contributed by atoms with E-state index in [-0.39, 0.29) is 15.7 Å². The van der Waals surface area contributed by atoms with Crippen molar-refractivity contribution in [3.63, 3.8) is 0 Å². The number of para-hydroxylation sites is 1. The summed E-state index contributed by atoms with van der Waals surface area (Å²) in [4.78, 5) is 14.3. The molecule has 9 nitrogen and oxygen atoms in total. The van der Waals surface area contributed by atoms with Gasteiger partial charge in [-0.3, -0.25) is 0 Å². The molecule has 0 amide bonds. The maximum atomic E-state index is 12.8. The average Bonchev–Trinajstić information content (AvgIpc) is 3.00. The zero-order valence-electron chi connectivity index (χ0n) is 24.5. The normalized spacial score (nSPS) is 16.8. The van der Waals surface area contributed by atoms with Gasteiger partial charge < -0.3 is 25.2 Å². The van der Waals surface area contributed by atoms with E-state index < -0.39 is 9.84 Å². The van der Waals surface area contributed by atoms with Gasteiger partial charge >= 0.3 is 0 Å². The lowest BCUT2D eigenvalue weighted by atomic mass is 9.99. The van der Waals surface area contributed by atoms with E-state index in [1.165, 1.54) is 51.4 Å².